The van der Waals surface area contributed by atoms with E-state index in [9.17, 15) is 0 Å². The van der Waals surface area contributed by atoms with Crippen molar-refractivity contribution in [3.63, 3.8) is 0 Å². The van der Waals surface area contributed by atoms with E-state index in [2.05, 4.69) is 24.4 Å². The molecule has 1 atom stereocenters. The normalized spacial score (nSPS) is 31.9. The van der Waals surface area contributed by atoms with Gasteiger partial charge in [-0.15, -0.1) is 11.8 Å². The van der Waals surface area contributed by atoms with Gasteiger partial charge in [0.1, 0.15) is 0 Å². The Balaban J connectivity index is 2.24. The van der Waals surface area contributed by atoms with E-state index in [4.69, 9.17) is 0 Å². The Bertz CT molecular complexity index is 99.8. The highest BCUT2D eigenvalue weighted by Crippen LogP contribution is 2.10. The van der Waals surface area contributed by atoms with Crippen molar-refractivity contribution in [2.45, 2.75) is 25.1 Å². The molecule has 0 aliphatic carbocycles. The fourth-order valence-electron chi connectivity index (χ4n) is 0.977. The smallest absolute Gasteiger partial charge is 0.0503 e. The average Bonchev–Trinajstić information content (AvgIpc) is 2.02. The number of rotatable bonds is 0. The van der Waals surface area contributed by atoms with Crippen molar-refractivity contribution in [1.82, 2.24) is 5.32 Å². The van der Waals surface area contributed by atoms with Gasteiger partial charge in [-0.05, 0) is 32.1 Å². The molecule has 1 heterocycles. The molecule has 0 fully saturated rings. The first-order valence-corrected chi connectivity index (χ1v) is 4.94. The number of hydrogen-bond donors (Lipinski definition) is 1. The summed E-state index contributed by atoms with van der Waals surface area (Å²) >= 11 is 2.00. The molecule has 0 saturated heterocycles. The highest BCUT2D eigenvalue weighted by atomic mass is 32.2. The number of nitrogens with one attached hydrogen (secondary N) is 1. The van der Waals surface area contributed by atoms with Crippen LogP contribution < -0.4 is 5.32 Å². The zero-order valence-electron chi connectivity index (χ0n) is 6.47. The Labute approximate surface area is 67.3 Å². The van der Waals surface area contributed by atoms with Crippen molar-refractivity contribution in [3.05, 3.63) is 12.2 Å². The first kappa shape index (κ1) is 8.15. The fourth-order valence-corrected chi connectivity index (χ4v) is 1.84. The van der Waals surface area contributed by atoms with E-state index in [-0.39, 0.29) is 0 Å². The van der Waals surface area contributed by atoms with Crippen LogP contribution in [0.4, 0.5) is 0 Å². The molecule has 2 heteroatoms. The van der Waals surface area contributed by atoms with Gasteiger partial charge in [0, 0.05) is 0 Å². The first-order valence-electron chi connectivity index (χ1n) is 3.89. The Morgan fingerprint density at radius 2 is 2.20 bits per heavy atom. The number of thioether (sulfide) groups is 1. The van der Waals surface area contributed by atoms with Gasteiger partial charge < -0.3 is 5.32 Å². The lowest BCUT2D eigenvalue weighted by Gasteiger charge is -2.10. The van der Waals surface area contributed by atoms with E-state index in [1.54, 1.807) is 0 Å². The maximum atomic E-state index is 3.44. The van der Waals surface area contributed by atoms with Crippen LogP contribution in [0.2, 0.25) is 0 Å². The van der Waals surface area contributed by atoms with Crippen LogP contribution in [0.25, 0.3) is 0 Å². The molecule has 10 heavy (non-hydrogen) atoms. The number of allylic oxidation sites excluding steroid dienone is 1. The van der Waals surface area contributed by atoms with E-state index in [1.165, 1.54) is 18.6 Å². The lowest BCUT2D eigenvalue weighted by Crippen LogP contribution is -2.23. The fraction of sp³-hybridized carbons (Fsp3) is 0.750. The van der Waals surface area contributed by atoms with Gasteiger partial charge in [-0.25, -0.2) is 0 Å². The van der Waals surface area contributed by atoms with E-state index in [0.29, 0.717) is 5.37 Å². The van der Waals surface area contributed by atoms with E-state index in [0.717, 1.165) is 6.54 Å². The molecule has 1 N–H and O–H groups in total. The Kier molecular flexibility index (Phi) is 3.91. The van der Waals surface area contributed by atoms with Gasteiger partial charge >= 0.3 is 0 Å². The summed E-state index contributed by atoms with van der Waals surface area (Å²) in [5.41, 5.74) is 0. The van der Waals surface area contributed by atoms with Gasteiger partial charge in [-0.2, -0.15) is 0 Å². The van der Waals surface area contributed by atoms with Gasteiger partial charge in [0.15, 0.2) is 0 Å². The lowest BCUT2D eigenvalue weighted by molar-refractivity contribution is 0.691. The predicted octanol–water partition coefficient (Wildman–Crippen LogP) is 2.01. The quantitative estimate of drug-likeness (QED) is 0.540. The summed E-state index contributed by atoms with van der Waals surface area (Å²) in [4.78, 5) is 0. The van der Waals surface area contributed by atoms with Crippen LogP contribution in [0, 0.1) is 0 Å². The molecule has 0 unspecified atom stereocenters. The van der Waals surface area contributed by atoms with Crippen molar-refractivity contribution in [1.29, 1.82) is 0 Å². The summed E-state index contributed by atoms with van der Waals surface area (Å²) in [6.45, 7) is 3.36. The second-order valence-electron chi connectivity index (χ2n) is 2.52. The highest BCUT2D eigenvalue weighted by Gasteiger charge is 2.00. The van der Waals surface area contributed by atoms with Gasteiger partial charge in [0.25, 0.3) is 0 Å². The van der Waals surface area contributed by atoms with Crippen molar-refractivity contribution < 1.29 is 0 Å². The third-order valence-corrected chi connectivity index (χ3v) is 2.70. The Hall–Kier alpha value is 0.0500. The van der Waals surface area contributed by atoms with Crippen molar-refractivity contribution in [3.8, 4) is 0 Å². The lowest BCUT2D eigenvalue weighted by atomic mass is 10.3. The molecule has 0 radical (unpaired) electrons. The van der Waals surface area contributed by atoms with Gasteiger partial charge in [-0.3, -0.25) is 0 Å². The molecular formula is C8H15NS. The minimum Gasteiger partial charge on any atom is -0.305 e. The van der Waals surface area contributed by atoms with Crippen LogP contribution in [-0.4, -0.2) is 17.7 Å². The molecule has 0 aromatic heterocycles. The average molecular weight is 157 g/mol. The van der Waals surface area contributed by atoms with E-state index < -0.39 is 0 Å². The molecule has 1 nitrogen and oxygen atoms in total. The van der Waals surface area contributed by atoms with Crippen LogP contribution in [0.1, 0.15) is 19.8 Å². The molecule has 1 rings (SSSR count). The molecule has 0 aromatic carbocycles. The summed E-state index contributed by atoms with van der Waals surface area (Å²) in [5, 5.41) is 4.07. The van der Waals surface area contributed by atoms with Gasteiger partial charge in [-0.1, -0.05) is 12.2 Å². The van der Waals surface area contributed by atoms with Crippen LogP contribution in [-0.2, 0) is 0 Å². The predicted molar refractivity (Wildman–Crippen MR) is 48.3 cm³/mol. The van der Waals surface area contributed by atoms with Crippen molar-refractivity contribution >= 4 is 11.8 Å². The van der Waals surface area contributed by atoms with Crippen LogP contribution in [0.15, 0.2) is 12.2 Å². The van der Waals surface area contributed by atoms with Crippen molar-refractivity contribution in [2.75, 3.05) is 12.3 Å². The molecule has 1 aliphatic rings. The summed E-state index contributed by atoms with van der Waals surface area (Å²) in [6.07, 6.45) is 6.97. The monoisotopic (exact) mass is 157 g/mol. The second-order valence-corrected chi connectivity index (χ2v) is 3.96. The molecule has 0 bridgehead atoms. The topological polar surface area (TPSA) is 12.0 Å². The molecule has 0 aromatic rings. The van der Waals surface area contributed by atoms with E-state index in [1.807, 2.05) is 11.8 Å². The summed E-state index contributed by atoms with van der Waals surface area (Å²) in [5.74, 6) is 1.25. The zero-order valence-corrected chi connectivity index (χ0v) is 7.29. The maximum Gasteiger partial charge on any atom is 0.0503 e. The highest BCUT2D eigenvalue weighted by molar-refractivity contribution is 7.99. The standard InChI is InChI=1S/C8H15NS/c1-8-9-6-4-2-3-5-7-10-8/h2-3,8-9H,4-7H2,1H3/b3-2-/t8-/m1/s1. The second kappa shape index (κ2) is 4.80. The molecule has 0 amide bonds. The third kappa shape index (κ3) is 3.28. The summed E-state index contributed by atoms with van der Waals surface area (Å²) < 4.78 is 0. The van der Waals surface area contributed by atoms with Crippen LogP contribution in [0.5, 0.6) is 0 Å². The molecule has 58 valence electrons. The largest absolute Gasteiger partial charge is 0.305 e. The summed E-state index contributed by atoms with van der Waals surface area (Å²) in [6, 6.07) is 0. The maximum absolute atomic E-state index is 3.44. The van der Waals surface area contributed by atoms with Crippen LogP contribution >= 0.6 is 11.8 Å². The first-order chi connectivity index (χ1) is 4.89. The Morgan fingerprint density at radius 3 is 3.10 bits per heavy atom. The van der Waals surface area contributed by atoms with Crippen molar-refractivity contribution in [2.24, 2.45) is 0 Å². The summed E-state index contributed by atoms with van der Waals surface area (Å²) in [7, 11) is 0. The minimum atomic E-state index is 0.639. The Morgan fingerprint density at radius 1 is 1.40 bits per heavy atom. The number of hydrogen-bond acceptors (Lipinski definition) is 2. The van der Waals surface area contributed by atoms with Crippen LogP contribution in [0.3, 0.4) is 0 Å². The van der Waals surface area contributed by atoms with E-state index >= 15 is 0 Å². The van der Waals surface area contributed by atoms with Gasteiger partial charge in [0.2, 0.25) is 0 Å². The SMILES string of the molecule is C[C@@H]1NCC/C=C\CCS1. The molecule has 1 aliphatic heterocycles. The molecule has 0 saturated carbocycles. The zero-order chi connectivity index (χ0) is 7.23. The van der Waals surface area contributed by atoms with Gasteiger partial charge in [0.05, 0.1) is 5.37 Å². The minimum absolute atomic E-state index is 0.639. The molecule has 0 spiro atoms. The third-order valence-electron chi connectivity index (χ3n) is 1.56. The molecular weight excluding hydrogens is 142 g/mol.